The number of benzene rings is 1. The highest BCUT2D eigenvalue weighted by atomic mass is 35.5. The SMILES string of the molecule is Cl.OCC1CNCC1c1ccc(C(F)(F)F)cc1F. The van der Waals surface area contributed by atoms with Crippen LogP contribution in [0.25, 0.3) is 0 Å². The van der Waals surface area contributed by atoms with Gasteiger partial charge in [0, 0.05) is 31.5 Å². The van der Waals surface area contributed by atoms with Crippen molar-refractivity contribution in [1.29, 1.82) is 0 Å². The summed E-state index contributed by atoms with van der Waals surface area (Å²) >= 11 is 0. The van der Waals surface area contributed by atoms with Gasteiger partial charge in [0.05, 0.1) is 5.56 Å². The van der Waals surface area contributed by atoms with Crippen LogP contribution in [-0.2, 0) is 6.18 Å². The zero-order valence-corrected chi connectivity index (χ0v) is 10.7. The molecule has 2 unspecified atom stereocenters. The maximum absolute atomic E-state index is 13.7. The molecule has 0 saturated carbocycles. The molecule has 1 aliphatic rings. The number of hydrogen-bond acceptors (Lipinski definition) is 2. The number of aliphatic hydroxyl groups is 1. The van der Waals surface area contributed by atoms with E-state index in [1.54, 1.807) is 0 Å². The van der Waals surface area contributed by atoms with Crippen LogP contribution in [0.5, 0.6) is 0 Å². The first-order chi connectivity index (χ1) is 8.43. The Bertz CT molecular complexity index is 438. The van der Waals surface area contributed by atoms with E-state index in [0.29, 0.717) is 19.2 Å². The van der Waals surface area contributed by atoms with Crippen LogP contribution >= 0.6 is 12.4 Å². The molecule has 108 valence electrons. The van der Waals surface area contributed by atoms with Gasteiger partial charge in [-0.05, 0) is 17.7 Å². The molecular formula is C12H14ClF4NO. The highest BCUT2D eigenvalue weighted by Crippen LogP contribution is 2.34. The zero-order valence-electron chi connectivity index (χ0n) is 9.88. The van der Waals surface area contributed by atoms with E-state index in [1.807, 2.05) is 0 Å². The summed E-state index contributed by atoms with van der Waals surface area (Å²) in [5, 5.41) is 12.1. The van der Waals surface area contributed by atoms with Crippen molar-refractivity contribution in [3.63, 3.8) is 0 Å². The maximum atomic E-state index is 13.7. The summed E-state index contributed by atoms with van der Waals surface area (Å²) in [5.41, 5.74) is -0.762. The molecule has 0 amide bonds. The van der Waals surface area contributed by atoms with E-state index in [0.717, 1.165) is 6.07 Å². The number of hydrogen-bond donors (Lipinski definition) is 2. The Hall–Kier alpha value is -0.850. The summed E-state index contributed by atoms with van der Waals surface area (Å²) in [5.74, 6) is -1.30. The average Bonchev–Trinajstić information content (AvgIpc) is 2.75. The molecule has 2 nitrogen and oxygen atoms in total. The van der Waals surface area contributed by atoms with Gasteiger partial charge in [-0.1, -0.05) is 6.07 Å². The molecule has 0 radical (unpaired) electrons. The molecule has 0 spiro atoms. The highest BCUT2D eigenvalue weighted by molar-refractivity contribution is 5.85. The van der Waals surface area contributed by atoms with Crippen molar-refractivity contribution in [2.75, 3.05) is 19.7 Å². The Morgan fingerprint density at radius 1 is 1.26 bits per heavy atom. The summed E-state index contributed by atoms with van der Waals surface area (Å²) in [6.45, 7) is 0.896. The number of aliphatic hydroxyl groups excluding tert-OH is 1. The summed E-state index contributed by atoms with van der Waals surface area (Å²) in [7, 11) is 0. The predicted molar refractivity (Wildman–Crippen MR) is 64.8 cm³/mol. The highest BCUT2D eigenvalue weighted by Gasteiger charge is 2.34. The maximum Gasteiger partial charge on any atom is 0.416 e. The summed E-state index contributed by atoms with van der Waals surface area (Å²) in [6.07, 6.45) is -4.54. The molecule has 2 N–H and O–H groups in total. The van der Waals surface area contributed by atoms with Crippen LogP contribution in [0.1, 0.15) is 17.0 Å². The van der Waals surface area contributed by atoms with Gasteiger partial charge in [-0.25, -0.2) is 4.39 Å². The van der Waals surface area contributed by atoms with Crippen LogP contribution in [0, 0.1) is 11.7 Å². The fourth-order valence-corrected chi connectivity index (χ4v) is 2.29. The lowest BCUT2D eigenvalue weighted by molar-refractivity contribution is -0.137. The molecule has 1 aromatic rings. The van der Waals surface area contributed by atoms with Gasteiger partial charge in [-0.15, -0.1) is 12.4 Å². The quantitative estimate of drug-likeness (QED) is 0.823. The molecule has 2 rings (SSSR count). The van der Waals surface area contributed by atoms with Gasteiger partial charge < -0.3 is 10.4 Å². The van der Waals surface area contributed by atoms with Gasteiger partial charge in [0.15, 0.2) is 0 Å². The number of halogens is 5. The minimum absolute atomic E-state index is 0. The zero-order chi connectivity index (χ0) is 13.3. The monoisotopic (exact) mass is 299 g/mol. The predicted octanol–water partition coefficient (Wildman–Crippen LogP) is 2.56. The first kappa shape index (κ1) is 16.2. The van der Waals surface area contributed by atoms with E-state index in [4.69, 9.17) is 5.11 Å². The Morgan fingerprint density at radius 2 is 1.95 bits per heavy atom. The lowest BCUT2D eigenvalue weighted by Crippen LogP contribution is -2.16. The van der Waals surface area contributed by atoms with Gasteiger partial charge >= 0.3 is 6.18 Å². The molecule has 19 heavy (non-hydrogen) atoms. The van der Waals surface area contributed by atoms with Crippen LogP contribution in [0.4, 0.5) is 17.6 Å². The van der Waals surface area contributed by atoms with Gasteiger partial charge in [0.1, 0.15) is 5.82 Å². The molecule has 1 aromatic carbocycles. The van der Waals surface area contributed by atoms with Gasteiger partial charge in [-0.3, -0.25) is 0 Å². The Kier molecular flexibility index (Phi) is 5.18. The fraction of sp³-hybridized carbons (Fsp3) is 0.500. The smallest absolute Gasteiger partial charge is 0.396 e. The Labute approximate surface area is 114 Å². The third-order valence-corrected chi connectivity index (χ3v) is 3.30. The number of nitrogens with one attached hydrogen (secondary N) is 1. The standard InChI is InChI=1S/C12H13F4NO.ClH/c13-11-3-8(12(14,15)16)1-2-9(11)10-5-17-4-7(10)6-18;/h1-3,7,10,17-18H,4-6H2;1H. The van der Waals surface area contributed by atoms with E-state index in [9.17, 15) is 17.6 Å². The fourth-order valence-electron chi connectivity index (χ4n) is 2.29. The van der Waals surface area contributed by atoms with Crippen molar-refractivity contribution in [1.82, 2.24) is 5.32 Å². The number of alkyl halides is 3. The third kappa shape index (κ3) is 3.38. The lowest BCUT2D eigenvalue weighted by Gasteiger charge is -2.18. The van der Waals surface area contributed by atoms with Crippen molar-refractivity contribution in [2.24, 2.45) is 5.92 Å². The molecule has 1 saturated heterocycles. The topological polar surface area (TPSA) is 32.3 Å². The first-order valence-electron chi connectivity index (χ1n) is 5.61. The minimum Gasteiger partial charge on any atom is -0.396 e. The second-order valence-electron chi connectivity index (χ2n) is 4.44. The lowest BCUT2D eigenvalue weighted by atomic mass is 9.88. The molecule has 0 aromatic heterocycles. The summed E-state index contributed by atoms with van der Waals surface area (Å²) < 4.78 is 50.9. The molecule has 7 heteroatoms. The van der Waals surface area contributed by atoms with Gasteiger partial charge in [0.2, 0.25) is 0 Å². The minimum atomic E-state index is -4.54. The average molecular weight is 300 g/mol. The van der Waals surface area contributed by atoms with Crippen molar-refractivity contribution < 1.29 is 22.7 Å². The van der Waals surface area contributed by atoms with E-state index < -0.39 is 17.6 Å². The van der Waals surface area contributed by atoms with E-state index >= 15 is 0 Å². The van der Waals surface area contributed by atoms with Crippen LogP contribution in [0.2, 0.25) is 0 Å². The van der Waals surface area contributed by atoms with Crippen LogP contribution in [0.15, 0.2) is 18.2 Å². The number of rotatable bonds is 2. The third-order valence-electron chi connectivity index (χ3n) is 3.30. The first-order valence-corrected chi connectivity index (χ1v) is 5.61. The van der Waals surface area contributed by atoms with E-state index in [-0.39, 0.29) is 36.4 Å². The van der Waals surface area contributed by atoms with Crippen LogP contribution in [0.3, 0.4) is 0 Å². The second kappa shape index (κ2) is 6.07. The molecule has 1 aliphatic heterocycles. The second-order valence-corrected chi connectivity index (χ2v) is 4.44. The summed E-state index contributed by atoms with van der Waals surface area (Å²) in [4.78, 5) is 0. The molecule has 1 fully saturated rings. The van der Waals surface area contributed by atoms with Gasteiger partial charge in [0.25, 0.3) is 0 Å². The Morgan fingerprint density at radius 3 is 2.47 bits per heavy atom. The largest absolute Gasteiger partial charge is 0.416 e. The molecule has 2 atom stereocenters. The van der Waals surface area contributed by atoms with Crippen molar-refractivity contribution in [2.45, 2.75) is 12.1 Å². The molecule has 0 aliphatic carbocycles. The molecular weight excluding hydrogens is 286 g/mol. The van der Waals surface area contributed by atoms with Gasteiger partial charge in [-0.2, -0.15) is 13.2 Å². The van der Waals surface area contributed by atoms with Crippen LogP contribution < -0.4 is 5.32 Å². The van der Waals surface area contributed by atoms with Crippen molar-refractivity contribution in [3.05, 3.63) is 35.1 Å². The summed E-state index contributed by atoms with van der Waals surface area (Å²) in [6, 6.07) is 2.56. The van der Waals surface area contributed by atoms with E-state index in [2.05, 4.69) is 5.32 Å². The normalized spacial score (nSPS) is 23.2. The van der Waals surface area contributed by atoms with Crippen LogP contribution in [-0.4, -0.2) is 24.8 Å². The van der Waals surface area contributed by atoms with Crippen molar-refractivity contribution >= 4 is 12.4 Å². The molecule has 0 bridgehead atoms. The van der Waals surface area contributed by atoms with E-state index in [1.165, 1.54) is 6.07 Å². The molecule has 1 heterocycles. The van der Waals surface area contributed by atoms with Crippen molar-refractivity contribution in [3.8, 4) is 0 Å². The Balaban J connectivity index is 0.00000180.